The van der Waals surface area contributed by atoms with Crippen LogP contribution in [-0.4, -0.2) is 20.4 Å². The predicted octanol–water partition coefficient (Wildman–Crippen LogP) is 0.777. The van der Waals surface area contributed by atoms with Crippen LogP contribution in [0.1, 0.15) is 17.3 Å². The van der Waals surface area contributed by atoms with Crippen LogP contribution >= 0.6 is 0 Å². The van der Waals surface area contributed by atoms with E-state index in [4.69, 9.17) is 5.14 Å². The highest BCUT2D eigenvalue weighted by Crippen LogP contribution is 2.13. The number of nitrogens with one attached hydrogen (secondary N) is 1. The van der Waals surface area contributed by atoms with Gasteiger partial charge in [-0.25, -0.2) is 17.9 Å². The smallest absolute Gasteiger partial charge is 0.254 e. The Labute approximate surface area is 105 Å². The van der Waals surface area contributed by atoms with Gasteiger partial charge in [-0.15, -0.1) is 6.58 Å². The van der Waals surface area contributed by atoms with E-state index < -0.39 is 21.7 Å². The second-order valence-corrected chi connectivity index (χ2v) is 5.25. The highest BCUT2D eigenvalue weighted by molar-refractivity contribution is 7.89. The summed E-state index contributed by atoms with van der Waals surface area (Å²) in [6.45, 7) is 5.14. The number of halogens is 1. The molecule has 0 aromatic heterocycles. The summed E-state index contributed by atoms with van der Waals surface area (Å²) >= 11 is 0. The van der Waals surface area contributed by atoms with E-state index in [9.17, 15) is 17.6 Å². The molecule has 3 N–H and O–H groups in total. The Morgan fingerprint density at radius 2 is 2.17 bits per heavy atom. The largest absolute Gasteiger partial charge is 0.346 e. The Hall–Kier alpha value is -1.73. The number of carbonyl (C=O) groups is 1. The third-order valence-electron chi connectivity index (χ3n) is 2.23. The van der Waals surface area contributed by atoms with Gasteiger partial charge in [0.2, 0.25) is 10.0 Å². The molecule has 18 heavy (non-hydrogen) atoms. The lowest BCUT2D eigenvalue weighted by molar-refractivity contribution is 0.0943. The van der Waals surface area contributed by atoms with Gasteiger partial charge in [-0.3, -0.25) is 4.79 Å². The van der Waals surface area contributed by atoms with Gasteiger partial charge in [0.25, 0.3) is 5.91 Å². The monoisotopic (exact) mass is 272 g/mol. The molecule has 1 atom stereocenters. The molecule has 1 rings (SSSR count). The highest BCUT2D eigenvalue weighted by atomic mass is 32.2. The first kappa shape index (κ1) is 14.3. The molecule has 0 bridgehead atoms. The molecule has 0 aliphatic carbocycles. The van der Waals surface area contributed by atoms with Crippen LogP contribution in [0.5, 0.6) is 0 Å². The fourth-order valence-corrected chi connectivity index (χ4v) is 1.73. The maximum Gasteiger partial charge on any atom is 0.254 e. The first-order valence-corrected chi connectivity index (χ1v) is 6.56. The molecule has 1 aromatic carbocycles. The zero-order chi connectivity index (χ0) is 13.9. The summed E-state index contributed by atoms with van der Waals surface area (Å²) in [7, 11) is -3.98. The maximum atomic E-state index is 13.6. The number of sulfonamides is 1. The Morgan fingerprint density at radius 3 is 2.61 bits per heavy atom. The van der Waals surface area contributed by atoms with E-state index >= 15 is 0 Å². The Morgan fingerprint density at radius 1 is 1.56 bits per heavy atom. The van der Waals surface area contributed by atoms with Gasteiger partial charge in [0.05, 0.1) is 10.5 Å². The van der Waals surface area contributed by atoms with Crippen molar-refractivity contribution in [3.63, 3.8) is 0 Å². The number of hydrogen-bond acceptors (Lipinski definition) is 3. The van der Waals surface area contributed by atoms with Crippen molar-refractivity contribution >= 4 is 15.9 Å². The van der Waals surface area contributed by atoms with Crippen molar-refractivity contribution in [2.24, 2.45) is 5.14 Å². The van der Waals surface area contributed by atoms with Gasteiger partial charge in [0.15, 0.2) is 0 Å². The molecular formula is C11H13FN2O3S. The zero-order valence-corrected chi connectivity index (χ0v) is 10.5. The number of amides is 1. The molecule has 5 nitrogen and oxygen atoms in total. The first-order chi connectivity index (χ1) is 8.25. The molecule has 1 amide bonds. The minimum Gasteiger partial charge on any atom is -0.346 e. The fraction of sp³-hybridized carbons (Fsp3) is 0.182. The van der Waals surface area contributed by atoms with E-state index in [0.29, 0.717) is 6.07 Å². The number of rotatable bonds is 4. The van der Waals surface area contributed by atoms with Crippen LogP contribution in [0, 0.1) is 5.82 Å². The van der Waals surface area contributed by atoms with Gasteiger partial charge in [-0.1, -0.05) is 6.08 Å². The highest BCUT2D eigenvalue weighted by Gasteiger charge is 2.16. The summed E-state index contributed by atoms with van der Waals surface area (Å²) in [5, 5.41) is 7.31. The number of benzene rings is 1. The van der Waals surface area contributed by atoms with Gasteiger partial charge in [-0.2, -0.15) is 0 Å². The van der Waals surface area contributed by atoms with E-state index in [-0.39, 0.29) is 16.5 Å². The average molecular weight is 272 g/mol. The summed E-state index contributed by atoms with van der Waals surface area (Å²) in [4.78, 5) is 11.2. The minimum absolute atomic E-state index is 0.254. The number of primary sulfonamides is 1. The summed E-state index contributed by atoms with van der Waals surface area (Å²) in [5.74, 6) is -1.60. The van der Waals surface area contributed by atoms with Gasteiger partial charge < -0.3 is 5.32 Å². The lowest BCUT2D eigenvalue weighted by atomic mass is 10.2. The van der Waals surface area contributed by atoms with Gasteiger partial charge in [-0.05, 0) is 25.1 Å². The number of hydrogen-bond donors (Lipinski definition) is 2. The Bertz CT molecular complexity index is 584. The molecule has 1 aromatic rings. The standard InChI is InChI=1S/C11H13FN2O3S/c1-3-7(2)14-11(15)9-5-4-8(6-10(9)12)18(13,16)17/h3-7H,1H2,2H3,(H,14,15)(H2,13,16,17). The normalized spacial score (nSPS) is 12.8. The van der Waals surface area contributed by atoms with E-state index in [1.807, 2.05) is 0 Å². The summed E-state index contributed by atoms with van der Waals surface area (Å²) in [6, 6.07) is 2.53. The molecule has 0 aliphatic rings. The van der Waals surface area contributed by atoms with Crippen LogP contribution in [0.15, 0.2) is 35.7 Å². The molecule has 0 saturated carbocycles. The van der Waals surface area contributed by atoms with Crippen LogP contribution in [0.25, 0.3) is 0 Å². The van der Waals surface area contributed by atoms with Gasteiger partial charge in [0.1, 0.15) is 5.82 Å². The second-order valence-electron chi connectivity index (χ2n) is 3.68. The molecule has 0 spiro atoms. The van der Waals surface area contributed by atoms with Crippen LogP contribution < -0.4 is 10.5 Å². The van der Waals surface area contributed by atoms with Crippen LogP contribution in [0.3, 0.4) is 0 Å². The van der Waals surface area contributed by atoms with Crippen molar-refractivity contribution in [2.45, 2.75) is 17.9 Å². The summed E-state index contributed by atoms with van der Waals surface area (Å²) in [6.07, 6.45) is 1.48. The summed E-state index contributed by atoms with van der Waals surface area (Å²) < 4.78 is 35.6. The van der Waals surface area contributed by atoms with Crippen molar-refractivity contribution < 1.29 is 17.6 Å². The lowest BCUT2D eigenvalue weighted by Gasteiger charge is -2.10. The zero-order valence-electron chi connectivity index (χ0n) is 9.68. The topological polar surface area (TPSA) is 89.3 Å². The number of carbonyl (C=O) groups excluding carboxylic acids is 1. The van der Waals surface area contributed by atoms with E-state index in [2.05, 4.69) is 11.9 Å². The second kappa shape index (κ2) is 5.28. The van der Waals surface area contributed by atoms with Gasteiger partial charge in [0, 0.05) is 6.04 Å². The molecule has 0 fully saturated rings. The minimum atomic E-state index is -3.98. The van der Waals surface area contributed by atoms with Crippen LogP contribution in [0.4, 0.5) is 4.39 Å². The quantitative estimate of drug-likeness (QED) is 0.794. The third kappa shape index (κ3) is 3.38. The Kier molecular flexibility index (Phi) is 4.20. The van der Waals surface area contributed by atoms with E-state index in [0.717, 1.165) is 12.1 Å². The van der Waals surface area contributed by atoms with Crippen molar-refractivity contribution in [2.75, 3.05) is 0 Å². The maximum absolute atomic E-state index is 13.6. The first-order valence-electron chi connectivity index (χ1n) is 5.01. The van der Waals surface area contributed by atoms with Crippen LogP contribution in [-0.2, 0) is 10.0 Å². The number of nitrogens with two attached hydrogens (primary N) is 1. The third-order valence-corrected chi connectivity index (χ3v) is 3.14. The summed E-state index contributed by atoms with van der Waals surface area (Å²) in [5.41, 5.74) is -0.254. The molecule has 1 unspecified atom stereocenters. The van der Waals surface area contributed by atoms with Crippen molar-refractivity contribution in [1.82, 2.24) is 5.32 Å². The Balaban J connectivity index is 3.07. The van der Waals surface area contributed by atoms with E-state index in [1.54, 1.807) is 6.92 Å². The molecular weight excluding hydrogens is 259 g/mol. The fourth-order valence-electron chi connectivity index (χ4n) is 1.20. The van der Waals surface area contributed by atoms with Crippen molar-refractivity contribution in [3.8, 4) is 0 Å². The van der Waals surface area contributed by atoms with Gasteiger partial charge >= 0.3 is 0 Å². The molecule has 0 radical (unpaired) electrons. The molecule has 0 heterocycles. The van der Waals surface area contributed by atoms with E-state index in [1.165, 1.54) is 6.08 Å². The van der Waals surface area contributed by atoms with Crippen LogP contribution in [0.2, 0.25) is 0 Å². The molecule has 0 saturated heterocycles. The lowest BCUT2D eigenvalue weighted by Crippen LogP contribution is -2.31. The molecule has 98 valence electrons. The average Bonchev–Trinajstić information content (AvgIpc) is 2.27. The SMILES string of the molecule is C=CC(C)NC(=O)c1ccc(S(N)(=O)=O)cc1F. The predicted molar refractivity (Wildman–Crippen MR) is 64.9 cm³/mol. The molecule has 0 aliphatic heterocycles. The van der Waals surface area contributed by atoms with Crippen molar-refractivity contribution in [3.05, 3.63) is 42.2 Å². The molecule has 7 heteroatoms. The van der Waals surface area contributed by atoms with Crippen molar-refractivity contribution in [1.29, 1.82) is 0 Å².